The number of imidazole rings is 1. The number of hydrogen-bond donors (Lipinski definition) is 1. The zero-order valence-corrected chi connectivity index (χ0v) is 18.2. The molecule has 2 aromatic heterocycles. The fourth-order valence-corrected chi connectivity index (χ4v) is 5.34. The van der Waals surface area contributed by atoms with Crippen LogP contribution in [0.3, 0.4) is 0 Å². The number of carbonyl (C=O) groups excluding carboxylic acids is 2. The molecule has 3 heterocycles. The molecule has 1 saturated carbocycles. The molecule has 3 aliphatic rings. The number of benzene rings is 1. The zero-order valence-electron chi connectivity index (χ0n) is 18.2. The molecule has 1 aromatic carbocycles. The highest BCUT2D eigenvalue weighted by atomic mass is 16.2. The Hall–Kier alpha value is -3.29. The second-order valence-electron chi connectivity index (χ2n) is 9.34. The van der Waals surface area contributed by atoms with E-state index in [-0.39, 0.29) is 11.3 Å². The van der Waals surface area contributed by atoms with Crippen LogP contribution in [0.5, 0.6) is 0 Å². The van der Waals surface area contributed by atoms with Crippen LogP contribution in [-0.2, 0) is 23.7 Å². The standard InChI is InChI=1S/C24H26N6O2/c1-29-20-19(28-22(29)23(32)25-13-15-6-7-15)21(27-14-26-20)30-10-8-24(9-11-30)17-5-3-2-4-16(17)12-18(24)31/h2-5,14-15H,6-13H2,1H3,(H,25,32). The third-order valence-electron chi connectivity index (χ3n) is 7.42. The number of fused-ring (bicyclic) bond motifs is 3. The van der Waals surface area contributed by atoms with Crippen LogP contribution >= 0.6 is 0 Å². The highest BCUT2D eigenvalue weighted by Gasteiger charge is 2.47. The van der Waals surface area contributed by atoms with Crippen LogP contribution < -0.4 is 10.2 Å². The Morgan fingerprint density at radius 1 is 1.19 bits per heavy atom. The van der Waals surface area contributed by atoms with Crippen LogP contribution in [0.4, 0.5) is 5.82 Å². The van der Waals surface area contributed by atoms with Crippen molar-refractivity contribution in [3.63, 3.8) is 0 Å². The number of hydrogen-bond acceptors (Lipinski definition) is 6. The minimum absolute atomic E-state index is 0.172. The topological polar surface area (TPSA) is 93.0 Å². The van der Waals surface area contributed by atoms with Gasteiger partial charge in [-0.05, 0) is 42.7 Å². The van der Waals surface area contributed by atoms with Gasteiger partial charge in [-0.15, -0.1) is 0 Å². The first-order chi connectivity index (χ1) is 15.6. The minimum atomic E-state index is -0.378. The van der Waals surface area contributed by atoms with Gasteiger partial charge in [-0.2, -0.15) is 0 Å². The number of nitrogens with one attached hydrogen (secondary N) is 1. The molecular weight excluding hydrogens is 404 g/mol. The molecule has 1 amide bonds. The van der Waals surface area contributed by atoms with Crippen molar-refractivity contribution >= 4 is 28.7 Å². The Balaban J connectivity index is 1.28. The van der Waals surface area contributed by atoms with Crippen molar-refractivity contribution in [3.8, 4) is 0 Å². The summed E-state index contributed by atoms with van der Waals surface area (Å²) in [7, 11) is 1.82. The highest BCUT2D eigenvalue weighted by Crippen LogP contribution is 2.44. The molecule has 1 aliphatic heterocycles. The lowest BCUT2D eigenvalue weighted by atomic mass is 9.73. The number of amides is 1. The molecule has 6 rings (SSSR count). The third kappa shape index (κ3) is 2.92. The van der Waals surface area contributed by atoms with E-state index in [2.05, 4.69) is 37.3 Å². The van der Waals surface area contributed by atoms with Gasteiger partial charge >= 0.3 is 0 Å². The number of aromatic nitrogens is 4. The average molecular weight is 431 g/mol. The summed E-state index contributed by atoms with van der Waals surface area (Å²) in [4.78, 5) is 41.4. The van der Waals surface area contributed by atoms with Crippen molar-refractivity contribution in [2.24, 2.45) is 13.0 Å². The molecule has 164 valence electrons. The molecule has 0 atom stereocenters. The first-order valence-corrected chi connectivity index (χ1v) is 11.4. The summed E-state index contributed by atoms with van der Waals surface area (Å²) in [5.41, 5.74) is 3.28. The summed E-state index contributed by atoms with van der Waals surface area (Å²) in [5, 5.41) is 2.99. The molecule has 1 saturated heterocycles. The van der Waals surface area contributed by atoms with Gasteiger partial charge in [0.25, 0.3) is 5.91 Å². The van der Waals surface area contributed by atoms with Crippen LogP contribution in [0.1, 0.15) is 47.4 Å². The van der Waals surface area contributed by atoms with E-state index in [1.807, 2.05) is 19.2 Å². The summed E-state index contributed by atoms with van der Waals surface area (Å²) in [6.45, 7) is 2.13. The lowest BCUT2D eigenvalue weighted by molar-refractivity contribution is -0.123. The van der Waals surface area contributed by atoms with Gasteiger partial charge in [-0.25, -0.2) is 15.0 Å². The number of carbonyl (C=O) groups is 2. The Morgan fingerprint density at radius 2 is 1.97 bits per heavy atom. The van der Waals surface area contributed by atoms with E-state index in [4.69, 9.17) is 0 Å². The quantitative estimate of drug-likeness (QED) is 0.682. The Bertz CT molecular complexity index is 1240. The fourth-order valence-electron chi connectivity index (χ4n) is 5.34. The van der Waals surface area contributed by atoms with Gasteiger partial charge in [-0.3, -0.25) is 9.59 Å². The van der Waals surface area contributed by atoms with Crippen molar-refractivity contribution in [1.82, 2.24) is 24.8 Å². The van der Waals surface area contributed by atoms with E-state index in [1.165, 1.54) is 30.3 Å². The first-order valence-electron chi connectivity index (χ1n) is 11.4. The van der Waals surface area contributed by atoms with Crippen molar-refractivity contribution in [1.29, 1.82) is 0 Å². The van der Waals surface area contributed by atoms with Gasteiger partial charge in [0.2, 0.25) is 5.82 Å². The molecule has 2 aliphatic carbocycles. The molecule has 2 fully saturated rings. The number of anilines is 1. The van der Waals surface area contributed by atoms with E-state index in [0.717, 1.165) is 18.7 Å². The minimum Gasteiger partial charge on any atom is -0.355 e. The van der Waals surface area contributed by atoms with Crippen LogP contribution in [0, 0.1) is 5.92 Å². The SMILES string of the molecule is Cn1c(C(=O)NCC2CC2)nc2c(N3CCC4(CC3)C(=O)Cc3ccccc34)ncnc21. The Labute approximate surface area is 186 Å². The number of ketones is 1. The van der Waals surface area contributed by atoms with Gasteiger partial charge in [-0.1, -0.05) is 24.3 Å². The predicted molar refractivity (Wildman–Crippen MR) is 120 cm³/mol. The predicted octanol–water partition coefficient (Wildman–Crippen LogP) is 2.17. The summed E-state index contributed by atoms with van der Waals surface area (Å²) in [5.74, 6) is 1.86. The molecule has 8 heteroatoms. The number of piperidine rings is 1. The van der Waals surface area contributed by atoms with Gasteiger partial charge in [0.15, 0.2) is 17.0 Å². The largest absolute Gasteiger partial charge is 0.355 e. The van der Waals surface area contributed by atoms with Gasteiger partial charge in [0, 0.05) is 33.1 Å². The maximum atomic E-state index is 13.0. The molecular formula is C24H26N6O2. The number of aryl methyl sites for hydroxylation is 1. The van der Waals surface area contributed by atoms with E-state index in [9.17, 15) is 9.59 Å². The molecule has 8 nitrogen and oxygen atoms in total. The molecule has 3 aromatic rings. The van der Waals surface area contributed by atoms with Gasteiger partial charge in [0.05, 0.1) is 5.41 Å². The number of rotatable bonds is 4. The van der Waals surface area contributed by atoms with E-state index >= 15 is 0 Å². The number of nitrogens with zero attached hydrogens (tertiary/aromatic N) is 5. The third-order valence-corrected chi connectivity index (χ3v) is 7.42. The van der Waals surface area contributed by atoms with E-state index in [0.29, 0.717) is 54.7 Å². The van der Waals surface area contributed by atoms with Crippen LogP contribution in [0.2, 0.25) is 0 Å². The average Bonchev–Trinajstić information content (AvgIpc) is 3.54. The zero-order chi connectivity index (χ0) is 21.9. The maximum absolute atomic E-state index is 13.0. The lowest BCUT2D eigenvalue weighted by Crippen LogP contribution is -2.45. The Kier molecular flexibility index (Phi) is 4.31. The molecule has 0 radical (unpaired) electrons. The second-order valence-corrected chi connectivity index (χ2v) is 9.34. The van der Waals surface area contributed by atoms with Crippen molar-refractivity contribution < 1.29 is 9.59 Å². The Morgan fingerprint density at radius 3 is 2.75 bits per heavy atom. The molecule has 32 heavy (non-hydrogen) atoms. The summed E-state index contributed by atoms with van der Waals surface area (Å²) in [6, 6.07) is 8.23. The fraction of sp³-hybridized carbons (Fsp3) is 0.458. The molecule has 0 bridgehead atoms. The number of Topliss-reactive ketones (excluding diaryl/α,β-unsaturated/α-hetero) is 1. The van der Waals surface area contributed by atoms with E-state index < -0.39 is 0 Å². The van der Waals surface area contributed by atoms with Crippen LogP contribution in [-0.4, -0.2) is 50.8 Å². The van der Waals surface area contributed by atoms with Crippen molar-refractivity contribution in [2.45, 2.75) is 37.5 Å². The normalized spacial score (nSPS) is 19.5. The summed E-state index contributed by atoms with van der Waals surface area (Å²) in [6.07, 6.45) is 5.95. The monoisotopic (exact) mass is 430 g/mol. The molecule has 0 unspecified atom stereocenters. The maximum Gasteiger partial charge on any atom is 0.287 e. The highest BCUT2D eigenvalue weighted by molar-refractivity contribution is 5.98. The second kappa shape index (κ2) is 7.12. The van der Waals surface area contributed by atoms with Crippen molar-refractivity contribution in [2.75, 3.05) is 24.5 Å². The van der Waals surface area contributed by atoms with E-state index in [1.54, 1.807) is 4.57 Å². The molecule has 1 N–H and O–H groups in total. The lowest BCUT2D eigenvalue weighted by Gasteiger charge is -2.39. The van der Waals surface area contributed by atoms with Crippen LogP contribution in [0.15, 0.2) is 30.6 Å². The first kappa shape index (κ1) is 19.4. The van der Waals surface area contributed by atoms with Gasteiger partial charge < -0.3 is 14.8 Å². The van der Waals surface area contributed by atoms with Gasteiger partial charge in [0.1, 0.15) is 12.1 Å². The summed E-state index contributed by atoms with van der Waals surface area (Å²) >= 11 is 0. The molecule has 1 spiro atoms. The smallest absolute Gasteiger partial charge is 0.287 e. The van der Waals surface area contributed by atoms with Crippen LogP contribution in [0.25, 0.3) is 11.2 Å². The van der Waals surface area contributed by atoms with Crippen molar-refractivity contribution in [3.05, 3.63) is 47.5 Å². The summed E-state index contributed by atoms with van der Waals surface area (Å²) < 4.78 is 1.74.